The summed E-state index contributed by atoms with van der Waals surface area (Å²) in [5, 5.41) is 0.515. The second kappa shape index (κ2) is 6.61. The topological polar surface area (TPSA) is 0 Å². The van der Waals surface area contributed by atoms with E-state index in [-0.39, 0.29) is 10.6 Å². The molecule has 0 aromatic heterocycles. The minimum Gasteiger partial charge on any atom is -0.207 e. The van der Waals surface area contributed by atoms with Crippen LogP contribution in [0.5, 0.6) is 0 Å². The van der Waals surface area contributed by atoms with Gasteiger partial charge in [0.15, 0.2) is 0 Å². The molecule has 0 saturated carbocycles. The van der Waals surface area contributed by atoms with Crippen molar-refractivity contribution in [1.29, 1.82) is 0 Å². The summed E-state index contributed by atoms with van der Waals surface area (Å²) in [6, 6.07) is 3.24. The Morgan fingerprint density at radius 3 is 2.69 bits per heavy atom. The minimum atomic E-state index is -0.234. The molecule has 0 N–H and O–H groups in total. The van der Waals surface area contributed by atoms with Gasteiger partial charge >= 0.3 is 0 Å². The Hall–Kier alpha value is -0.0800. The summed E-state index contributed by atoms with van der Waals surface area (Å²) in [6.07, 6.45) is 4.63. The molecule has 90 valence electrons. The molecule has 16 heavy (non-hydrogen) atoms. The summed E-state index contributed by atoms with van der Waals surface area (Å²) >= 11 is 9.66. The fraction of sp³-hybridized carbons (Fsp3) is 0.538. The largest absolute Gasteiger partial charge is 0.207 e. The van der Waals surface area contributed by atoms with Crippen molar-refractivity contribution in [2.24, 2.45) is 0 Å². The van der Waals surface area contributed by atoms with Crippen LogP contribution in [-0.2, 0) is 0 Å². The van der Waals surface area contributed by atoms with Crippen LogP contribution in [0.1, 0.15) is 48.6 Å². The van der Waals surface area contributed by atoms with Crippen molar-refractivity contribution in [1.82, 2.24) is 0 Å². The van der Waals surface area contributed by atoms with E-state index in [9.17, 15) is 4.39 Å². The lowest BCUT2D eigenvalue weighted by atomic mass is 10.0. The fourth-order valence-electron chi connectivity index (χ4n) is 1.65. The quantitative estimate of drug-likeness (QED) is 0.476. The Morgan fingerprint density at radius 1 is 1.38 bits per heavy atom. The maximum Gasteiger partial charge on any atom is 0.127 e. The highest BCUT2D eigenvalue weighted by molar-refractivity contribution is 9.09. The summed E-state index contributed by atoms with van der Waals surface area (Å²) < 4.78 is 13.2. The van der Waals surface area contributed by atoms with Crippen LogP contribution >= 0.6 is 27.5 Å². The number of benzene rings is 1. The number of alkyl halides is 1. The zero-order valence-corrected chi connectivity index (χ0v) is 12.0. The first-order valence-electron chi connectivity index (χ1n) is 5.65. The number of unbranched alkanes of at least 4 members (excludes halogenated alkanes) is 2. The van der Waals surface area contributed by atoms with Crippen LogP contribution in [0.15, 0.2) is 12.1 Å². The zero-order chi connectivity index (χ0) is 12.1. The van der Waals surface area contributed by atoms with E-state index in [1.54, 1.807) is 6.92 Å². The first-order valence-corrected chi connectivity index (χ1v) is 6.95. The van der Waals surface area contributed by atoms with Gasteiger partial charge < -0.3 is 0 Å². The van der Waals surface area contributed by atoms with Gasteiger partial charge in [0.1, 0.15) is 5.82 Å². The summed E-state index contributed by atoms with van der Waals surface area (Å²) in [5.41, 5.74) is 1.65. The Bertz CT molecular complexity index is 352. The van der Waals surface area contributed by atoms with Gasteiger partial charge in [0.05, 0.1) is 0 Å². The van der Waals surface area contributed by atoms with Gasteiger partial charge in [0, 0.05) is 9.85 Å². The molecule has 0 nitrogen and oxygen atoms in total. The smallest absolute Gasteiger partial charge is 0.127 e. The van der Waals surface area contributed by atoms with Crippen molar-refractivity contribution in [2.45, 2.75) is 44.4 Å². The molecule has 0 amide bonds. The molecule has 0 radical (unpaired) electrons. The number of aryl methyl sites for hydroxylation is 1. The van der Waals surface area contributed by atoms with E-state index >= 15 is 0 Å². The third-order valence-corrected chi connectivity index (χ3v) is 3.95. The molecule has 0 aliphatic carbocycles. The highest BCUT2D eigenvalue weighted by Gasteiger charge is 2.13. The number of hydrogen-bond acceptors (Lipinski definition) is 0. The van der Waals surface area contributed by atoms with E-state index in [0.717, 1.165) is 12.0 Å². The average Bonchev–Trinajstić information content (AvgIpc) is 2.23. The van der Waals surface area contributed by atoms with Gasteiger partial charge in [-0.2, -0.15) is 0 Å². The predicted molar refractivity (Wildman–Crippen MR) is 72.0 cm³/mol. The third-order valence-electron chi connectivity index (χ3n) is 2.68. The Kier molecular flexibility index (Phi) is 5.77. The van der Waals surface area contributed by atoms with Gasteiger partial charge in [0.2, 0.25) is 0 Å². The number of rotatable bonds is 5. The summed E-state index contributed by atoms with van der Waals surface area (Å²) in [7, 11) is 0. The maximum absolute atomic E-state index is 13.2. The Balaban J connectivity index is 2.75. The van der Waals surface area contributed by atoms with E-state index in [4.69, 9.17) is 11.6 Å². The predicted octanol–water partition coefficient (Wildman–Crippen LogP) is 5.80. The molecule has 0 spiro atoms. The highest BCUT2D eigenvalue weighted by atomic mass is 79.9. The van der Waals surface area contributed by atoms with Gasteiger partial charge in [-0.1, -0.05) is 59.8 Å². The van der Waals surface area contributed by atoms with Crippen LogP contribution in [-0.4, -0.2) is 0 Å². The molecular weight excluding hydrogens is 290 g/mol. The first-order chi connectivity index (χ1) is 7.56. The summed E-state index contributed by atoms with van der Waals surface area (Å²) in [6.45, 7) is 3.94. The van der Waals surface area contributed by atoms with Gasteiger partial charge in [-0.3, -0.25) is 0 Å². The van der Waals surface area contributed by atoms with Crippen molar-refractivity contribution in [2.75, 3.05) is 0 Å². The Morgan fingerprint density at radius 2 is 2.06 bits per heavy atom. The van der Waals surface area contributed by atoms with E-state index in [0.29, 0.717) is 10.6 Å². The molecule has 0 fully saturated rings. The van der Waals surface area contributed by atoms with Crippen molar-refractivity contribution in [3.63, 3.8) is 0 Å². The average molecular weight is 308 g/mol. The Labute approximate surface area is 110 Å². The van der Waals surface area contributed by atoms with Gasteiger partial charge in [0.25, 0.3) is 0 Å². The maximum atomic E-state index is 13.2. The van der Waals surface area contributed by atoms with Gasteiger partial charge in [-0.15, -0.1) is 0 Å². The first kappa shape index (κ1) is 14.0. The second-order valence-electron chi connectivity index (χ2n) is 4.09. The van der Waals surface area contributed by atoms with Crippen molar-refractivity contribution >= 4 is 27.5 Å². The monoisotopic (exact) mass is 306 g/mol. The molecule has 0 saturated heterocycles. The molecule has 0 heterocycles. The molecular formula is C13H17BrClF. The second-order valence-corrected chi connectivity index (χ2v) is 5.60. The van der Waals surface area contributed by atoms with Gasteiger partial charge in [-0.25, -0.2) is 4.39 Å². The van der Waals surface area contributed by atoms with Crippen LogP contribution in [0.25, 0.3) is 0 Å². The van der Waals surface area contributed by atoms with Crippen LogP contribution < -0.4 is 0 Å². The van der Waals surface area contributed by atoms with Gasteiger partial charge in [-0.05, 0) is 30.5 Å². The van der Waals surface area contributed by atoms with Crippen LogP contribution in [0, 0.1) is 12.7 Å². The van der Waals surface area contributed by atoms with Crippen molar-refractivity contribution in [3.05, 3.63) is 34.1 Å². The molecule has 1 aromatic rings. The van der Waals surface area contributed by atoms with Crippen molar-refractivity contribution in [3.8, 4) is 0 Å². The molecule has 1 aromatic carbocycles. The summed E-state index contributed by atoms with van der Waals surface area (Å²) in [4.78, 5) is 0.228. The molecule has 0 bridgehead atoms. The zero-order valence-electron chi connectivity index (χ0n) is 9.69. The highest BCUT2D eigenvalue weighted by Crippen LogP contribution is 2.34. The van der Waals surface area contributed by atoms with E-state index in [2.05, 4.69) is 22.9 Å². The summed E-state index contributed by atoms with van der Waals surface area (Å²) in [5.74, 6) is -0.234. The molecule has 0 aliphatic heterocycles. The molecule has 3 heteroatoms. The number of halogens is 3. The SMILES string of the molecule is CCCCCC(Br)c1cc(C)c(F)cc1Cl. The molecule has 0 aliphatic rings. The standard InChI is InChI=1S/C13H17BrClF/c1-3-4-5-6-11(14)10-7-9(2)13(16)8-12(10)15/h7-8,11H,3-6H2,1-2H3. The lowest BCUT2D eigenvalue weighted by Gasteiger charge is -2.13. The minimum absolute atomic E-state index is 0.228. The van der Waals surface area contributed by atoms with E-state index < -0.39 is 0 Å². The fourth-order valence-corrected chi connectivity index (χ4v) is 2.77. The van der Waals surface area contributed by atoms with Crippen LogP contribution in [0.2, 0.25) is 5.02 Å². The lowest BCUT2D eigenvalue weighted by molar-refractivity contribution is 0.616. The normalized spacial score (nSPS) is 12.8. The third kappa shape index (κ3) is 3.74. The van der Waals surface area contributed by atoms with E-state index in [1.165, 1.54) is 25.3 Å². The molecule has 1 atom stereocenters. The number of hydrogen-bond donors (Lipinski definition) is 0. The van der Waals surface area contributed by atoms with Crippen molar-refractivity contribution < 1.29 is 4.39 Å². The van der Waals surface area contributed by atoms with Crippen LogP contribution in [0.3, 0.4) is 0 Å². The lowest BCUT2D eigenvalue weighted by Crippen LogP contribution is -1.95. The molecule has 1 rings (SSSR count). The molecule has 1 unspecified atom stereocenters. The van der Waals surface area contributed by atoms with Crippen LogP contribution in [0.4, 0.5) is 4.39 Å². The van der Waals surface area contributed by atoms with E-state index in [1.807, 2.05) is 6.07 Å².